The Morgan fingerprint density at radius 3 is 2.45 bits per heavy atom. The third-order valence-corrected chi connectivity index (χ3v) is 7.63. The van der Waals surface area contributed by atoms with Crippen LogP contribution in [0.5, 0.6) is 5.75 Å². The van der Waals surface area contributed by atoms with Gasteiger partial charge in [0.25, 0.3) is 0 Å². The summed E-state index contributed by atoms with van der Waals surface area (Å²) in [6, 6.07) is 31.4. The molecule has 5 nitrogen and oxygen atoms in total. The molecule has 0 aliphatic carbocycles. The van der Waals surface area contributed by atoms with Crippen molar-refractivity contribution in [3.05, 3.63) is 120 Å². The number of aromatic nitrogens is 2. The standard InChI is InChI=1S/C32H30N4OS/c1-4-37-25-17-15-24(16-18-25)36-31(30(34-32(36)38)28-13-7-8-19-33-28)27-20-21(2)35(22(27)3)29-14-9-11-23-10-5-6-12-26(23)29/h5-20,30-31H,4H2,1-3H3,(H,34,38)/t30-,31-/m1/s1. The fourth-order valence-electron chi connectivity index (χ4n) is 5.68. The Hall–Kier alpha value is -4.16. The number of pyridine rings is 1. The first-order chi connectivity index (χ1) is 18.6. The van der Waals surface area contributed by atoms with Gasteiger partial charge in [-0.3, -0.25) is 4.98 Å². The fraction of sp³-hybridized carbons (Fsp3) is 0.188. The van der Waals surface area contributed by atoms with Gasteiger partial charge in [0.2, 0.25) is 0 Å². The molecule has 1 saturated heterocycles. The number of hydrogen-bond donors (Lipinski definition) is 1. The highest BCUT2D eigenvalue weighted by molar-refractivity contribution is 7.80. The first-order valence-electron chi connectivity index (χ1n) is 13.0. The van der Waals surface area contributed by atoms with E-state index < -0.39 is 0 Å². The Morgan fingerprint density at radius 1 is 0.921 bits per heavy atom. The minimum absolute atomic E-state index is 0.0785. The van der Waals surface area contributed by atoms with Gasteiger partial charge >= 0.3 is 0 Å². The van der Waals surface area contributed by atoms with Crippen molar-refractivity contribution in [1.29, 1.82) is 0 Å². The quantitative estimate of drug-likeness (QED) is 0.240. The van der Waals surface area contributed by atoms with Crippen molar-refractivity contribution in [2.75, 3.05) is 11.5 Å². The monoisotopic (exact) mass is 518 g/mol. The van der Waals surface area contributed by atoms with Crippen molar-refractivity contribution in [2.24, 2.45) is 0 Å². The largest absolute Gasteiger partial charge is 0.494 e. The van der Waals surface area contributed by atoms with Crippen molar-refractivity contribution in [3.8, 4) is 11.4 Å². The molecule has 0 bridgehead atoms. The molecule has 2 aromatic heterocycles. The van der Waals surface area contributed by atoms with E-state index in [0.717, 1.165) is 17.1 Å². The highest BCUT2D eigenvalue weighted by Crippen LogP contribution is 2.44. The second-order valence-corrected chi connectivity index (χ2v) is 9.97. The van der Waals surface area contributed by atoms with Crippen molar-refractivity contribution < 1.29 is 4.74 Å². The van der Waals surface area contributed by atoms with E-state index in [0.29, 0.717) is 11.7 Å². The normalized spacial score (nSPS) is 17.1. The summed E-state index contributed by atoms with van der Waals surface area (Å²) in [6.07, 6.45) is 1.84. The second-order valence-electron chi connectivity index (χ2n) is 9.58. The maximum atomic E-state index is 5.95. The third-order valence-electron chi connectivity index (χ3n) is 7.32. The minimum atomic E-state index is -0.100. The molecule has 1 fully saturated rings. The molecule has 0 amide bonds. The predicted molar refractivity (Wildman–Crippen MR) is 158 cm³/mol. The average molecular weight is 519 g/mol. The Kier molecular flexibility index (Phi) is 6.34. The molecule has 1 N–H and O–H groups in total. The van der Waals surface area contributed by atoms with Crippen LogP contribution in [-0.2, 0) is 0 Å². The molecule has 190 valence electrons. The lowest BCUT2D eigenvalue weighted by molar-refractivity contribution is 0.340. The van der Waals surface area contributed by atoms with Crippen LogP contribution in [0.1, 0.15) is 41.7 Å². The first-order valence-corrected chi connectivity index (χ1v) is 13.4. The molecule has 6 heteroatoms. The summed E-state index contributed by atoms with van der Waals surface area (Å²) in [4.78, 5) is 6.94. The van der Waals surface area contributed by atoms with E-state index in [1.54, 1.807) is 0 Å². The van der Waals surface area contributed by atoms with E-state index in [9.17, 15) is 0 Å². The Morgan fingerprint density at radius 2 is 1.68 bits per heavy atom. The van der Waals surface area contributed by atoms with E-state index in [1.807, 2.05) is 37.4 Å². The third kappa shape index (κ3) is 4.11. The van der Waals surface area contributed by atoms with Gasteiger partial charge in [-0.1, -0.05) is 42.5 Å². The Balaban J connectivity index is 1.51. The minimum Gasteiger partial charge on any atom is -0.494 e. The van der Waals surface area contributed by atoms with Crippen molar-refractivity contribution in [1.82, 2.24) is 14.9 Å². The van der Waals surface area contributed by atoms with E-state index in [1.165, 1.54) is 33.4 Å². The zero-order valence-electron chi connectivity index (χ0n) is 21.8. The van der Waals surface area contributed by atoms with Crippen LogP contribution in [0.15, 0.2) is 97.2 Å². The van der Waals surface area contributed by atoms with Crippen LogP contribution in [-0.4, -0.2) is 21.3 Å². The van der Waals surface area contributed by atoms with Gasteiger partial charge < -0.3 is 19.5 Å². The van der Waals surface area contributed by atoms with E-state index in [2.05, 4.69) is 95.4 Å². The molecule has 2 atom stereocenters. The van der Waals surface area contributed by atoms with Crippen molar-refractivity contribution in [3.63, 3.8) is 0 Å². The van der Waals surface area contributed by atoms with E-state index >= 15 is 0 Å². The Bertz CT molecular complexity index is 1610. The molecule has 1 aliphatic rings. The van der Waals surface area contributed by atoms with Gasteiger partial charge in [-0.15, -0.1) is 0 Å². The van der Waals surface area contributed by atoms with E-state index in [-0.39, 0.29) is 12.1 Å². The van der Waals surface area contributed by atoms with Crippen molar-refractivity contribution in [2.45, 2.75) is 32.9 Å². The van der Waals surface area contributed by atoms with Gasteiger partial charge in [-0.25, -0.2) is 0 Å². The van der Waals surface area contributed by atoms with Crippen LogP contribution in [0.4, 0.5) is 5.69 Å². The van der Waals surface area contributed by atoms with Crippen LogP contribution < -0.4 is 15.0 Å². The zero-order chi connectivity index (χ0) is 26.2. The molecular formula is C32H30N4OS. The van der Waals surface area contributed by atoms with Crippen LogP contribution in [0.25, 0.3) is 16.5 Å². The van der Waals surface area contributed by atoms with Gasteiger partial charge in [0.15, 0.2) is 5.11 Å². The summed E-state index contributed by atoms with van der Waals surface area (Å²) in [7, 11) is 0. The number of rotatable bonds is 6. The van der Waals surface area contributed by atoms with Gasteiger partial charge in [-0.2, -0.15) is 0 Å². The highest BCUT2D eigenvalue weighted by atomic mass is 32.1. The zero-order valence-corrected chi connectivity index (χ0v) is 22.6. The number of benzene rings is 3. The number of ether oxygens (including phenoxy) is 1. The number of thiocarbonyl (C=S) groups is 1. The molecule has 3 heterocycles. The first kappa shape index (κ1) is 24.2. The molecule has 5 aromatic rings. The van der Waals surface area contributed by atoms with Crippen LogP contribution in [0.3, 0.4) is 0 Å². The SMILES string of the molecule is CCOc1ccc(N2C(=S)N[C@H](c3ccccn3)[C@H]2c2cc(C)n(-c3cccc4ccccc34)c2C)cc1. The lowest BCUT2D eigenvalue weighted by Crippen LogP contribution is -2.29. The molecule has 38 heavy (non-hydrogen) atoms. The summed E-state index contributed by atoms with van der Waals surface area (Å²) in [5.41, 5.74) is 6.74. The summed E-state index contributed by atoms with van der Waals surface area (Å²) in [6.45, 7) is 7.01. The number of anilines is 1. The lowest BCUT2D eigenvalue weighted by atomic mass is 9.96. The van der Waals surface area contributed by atoms with Gasteiger partial charge in [-0.05, 0) is 92.5 Å². The predicted octanol–water partition coefficient (Wildman–Crippen LogP) is 7.22. The maximum Gasteiger partial charge on any atom is 0.174 e. The van der Waals surface area contributed by atoms with Crippen LogP contribution >= 0.6 is 12.2 Å². The van der Waals surface area contributed by atoms with Gasteiger partial charge in [0.1, 0.15) is 5.75 Å². The summed E-state index contributed by atoms with van der Waals surface area (Å²) >= 11 is 5.95. The van der Waals surface area contributed by atoms with Crippen molar-refractivity contribution >= 4 is 33.8 Å². The van der Waals surface area contributed by atoms with E-state index in [4.69, 9.17) is 21.9 Å². The topological polar surface area (TPSA) is 42.3 Å². The fourth-order valence-corrected chi connectivity index (χ4v) is 6.03. The average Bonchev–Trinajstić information content (AvgIpc) is 3.44. The summed E-state index contributed by atoms with van der Waals surface area (Å²) < 4.78 is 8.06. The second kappa shape index (κ2) is 9.95. The molecule has 3 aromatic carbocycles. The number of fused-ring (bicyclic) bond motifs is 1. The number of nitrogens with zero attached hydrogens (tertiary/aromatic N) is 3. The van der Waals surface area contributed by atoms with Gasteiger partial charge in [0.05, 0.1) is 30.1 Å². The van der Waals surface area contributed by atoms with Crippen LogP contribution in [0, 0.1) is 13.8 Å². The maximum absolute atomic E-state index is 5.95. The molecule has 0 spiro atoms. The summed E-state index contributed by atoms with van der Waals surface area (Å²) in [5, 5.41) is 6.73. The van der Waals surface area contributed by atoms with Crippen LogP contribution in [0.2, 0.25) is 0 Å². The molecule has 0 saturated carbocycles. The molecule has 1 aliphatic heterocycles. The number of hydrogen-bond acceptors (Lipinski definition) is 3. The number of aryl methyl sites for hydroxylation is 1. The van der Waals surface area contributed by atoms with Gasteiger partial charge in [0, 0.05) is 28.7 Å². The molecule has 0 unspecified atom stereocenters. The molecule has 0 radical (unpaired) electrons. The highest BCUT2D eigenvalue weighted by Gasteiger charge is 2.42. The molecule has 6 rings (SSSR count). The molecular weight excluding hydrogens is 488 g/mol. The lowest BCUT2D eigenvalue weighted by Gasteiger charge is -2.28. The number of nitrogens with one attached hydrogen (secondary N) is 1. The summed E-state index contributed by atoms with van der Waals surface area (Å²) in [5.74, 6) is 0.848. The smallest absolute Gasteiger partial charge is 0.174 e. The Labute approximate surface area is 228 Å².